The number of nitrogens with zero attached hydrogens (tertiary/aromatic N) is 1. The van der Waals surface area contributed by atoms with Gasteiger partial charge in [0.2, 0.25) is 0 Å². The Labute approximate surface area is 131 Å². The number of ether oxygens (including phenoxy) is 1. The zero-order valence-electron chi connectivity index (χ0n) is 12.6. The Kier molecular flexibility index (Phi) is 5.10. The Balaban J connectivity index is 2.31. The molecule has 4 heteroatoms. The van der Waals surface area contributed by atoms with E-state index in [4.69, 9.17) is 22.1 Å². The Morgan fingerprint density at radius 3 is 2.57 bits per heavy atom. The standard InChI is InChI=1S/C17H21ClN2O/c1-12(19)10-13-8-9-14(11-15(13)18)20(2)16-6-4-5-7-17(16)21-3/h4-9,11-12H,10,19H2,1-3H3. The fourth-order valence-corrected chi connectivity index (χ4v) is 2.56. The normalized spacial score (nSPS) is 12.0. The van der Waals surface area contributed by atoms with Gasteiger partial charge in [-0.1, -0.05) is 29.8 Å². The fourth-order valence-electron chi connectivity index (χ4n) is 2.30. The third-order valence-electron chi connectivity index (χ3n) is 3.41. The molecule has 0 saturated heterocycles. The highest BCUT2D eigenvalue weighted by molar-refractivity contribution is 6.31. The number of para-hydroxylation sites is 2. The second-order valence-electron chi connectivity index (χ2n) is 5.19. The molecule has 112 valence electrons. The van der Waals surface area contributed by atoms with Crippen LogP contribution in [0, 0.1) is 0 Å². The summed E-state index contributed by atoms with van der Waals surface area (Å²) in [5, 5.41) is 0.742. The van der Waals surface area contributed by atoms with Gasteiger partial charge in [-0.15, -0.1) is 0 Å². The minimum Gasteiger partial charge on any atom is -0.495 e. The van der Waals surface area contributed by atoms with E-state index in [1.807, 2.05) is 50.4 Å². The van der Waals surface area contributed by atoms with E-state index in [-0.39, 0.29) is 6.04 Å². The van der Waals surface area contributed by atoms with Crippen LogP contribution in [0.3, 0.4) is 0 Å². The van der Waals surface area contributed by atoms with Crippen molar-refractivity contribution in [1.82, 2.24) is 0 Å². The number of benzene rings is 2. The highest BCUT2D eigenvalue weighted by Crippen LogP contribution is 2.34. The highest BCUT2D eigenvalue weighted by atomic mass is 35.5. The van der Waals surface area contributed by atoms with Gasteiger partial charge in [0.25, 0.3) is 0 Å². The van der Waals surface area contributed by atoms with Crippen LogP contribution < -0.4 is 15.4 Å². The molecule has 2 aromatic carbocycles. The summed E-state index contributed by atoms with van der Waals surface area (Å²) in [6.07, 6.45) is 0.775. The second kappa shape index (κ2) is 6.83. The summed E-state index contributed by atoms with van der Waals surface area (Å²) in [6, 6.07) is 14.0. The van der Waals surface area contributed by atoms with E-state index in [9.17, 15) is 0 Å². The van der Waals surface area contributed by atoms with Gasteiger partial charge in [0, 0.05) is 23.8 Å². The molecule has 0 aromatic heterocycles. The first-order valence-electron chi connectivity index (χ1n) is 6.93. The molecule has 0 saturated carbocycles. The monoisotopic (exact) mass is 304 g/mol. The lowest BCUT2D eigenvalue weighted by Gasteiger charge is -2.22. The molecule has 1 atom stereocenters. The molecule has 21 heavy (non-hydrogen) atoms. The second-order valence-corrected chi connectivity index (χ2v) is 5.60. The molecule has 0 radical (unpaired) electrons. The predicted molar refractivity (Wildman–Crippen MR) is 89.9 cm³/mol. The number of hydrogen-bond donors (Lipinski definition) is 1. The van der Waals surface area contributed by atoms with Gasteiger partial charge in [-0.3, -0.25) is 0 Å². The molecule has 0 spiro atoms. The minimum atomic E-state index is 0.0975. The molecule has 0 bridgehead atoms. The largest absolute Gasteiger partial charge is 0.495 e. The Hall–Kier alpha value is -1.71. The van der Waals surface area contributed by atoms with Crippen molar-refractivity contribution in [3.63, 3.8) is 0 Å². The number of nitrogens with two attached hydrogens (primary N) is 1. The summed E-state index contributed by atoms with van der Waals surface area (Å²) in [6.45, 7) is 1.98. The van der Waals surface area contributed by atoms with Gasteiger partial charge in [0.15, 0.2) is 0 Å². The molecule has 0 aliphatic carbocycles. The van der Waals surface area contributed by atoms with Crippen LogP contribution in [0.15, 0.2) is 42.5 Å². The van der Waals surface area contributed by atoms with Crippen molar-refractivity contribution < 1.29 is 4.74 Å². The van der Waals surface area contributed by atoms with E-state index >= 15 is 0 Å². The molecular formula is C17H21ClN2O. The van der Waals surface area contributed by atoms with Gasteiger partial charge in [-0.05, 0) is 43.2 Å². The summed E-state index contributed by atoms with van der Waals surface area (Å²) in [5.41, 5.74) is 8.92. The molecular weight excluding hydrogens is 284 g/mol. The molecule has 0 aliphatic rings. The lowest BCUT2D eigenvalue weighted by molar-refractivity contribution is 0.415. The summed E-state index contributed by atoms with van der Waals surface area (Å²) in [4.78, 5) is 2.06. The summed E-state index contributed by atoms with van der Waals surface area (Å²) in [5.74, 6) is 0.829. The first kappa shape index (κ1) is 15.7. The summed E-state index contributed by atoms with van der Waals surface area (Å²) >= 11 is 6.37. The SMILES string of the molecule is COc1ccccc1N(C)c1ccc(CC(C)N)c(Cl)c1. The number of methoxy groups -OCH3 is 1. The zero-order chi connectivity index (χ0) is 15.4. The maximum atomic E-state index is 6.37. The lowest BCUT2D eigenvalue weighted by atomic mass is 10.1. The van der Waals surface area contributed by atoms with E-state index in [2.05, 4.69) is 11.0 Å². The van der Waals surface area contributed by atoms with E-state index in [1.165, 1.54) is 0 Å². The summed E-state index contributed by atoms with van der Waals surface area (Å²) in [7, 11) is 3.67. The van der Waals surface area contributed by atoms with Crippen LogP contribution in [0.4, 0.5) is 11.4 Å². The van der Waals surface area contributed by atoms with Gasteiger partial charge in [0.1, 0.15) is 5.75 Å². The van der Waals surface area contributed by atoms with Gasteiger partial charge < -0.3 is 15.4 Å². The van der Waals surface area contributed by atoms with Crippen molar-refractivity contribution in [3.05, 3.63) is 53.1 Å². The van der Waals surface area contributed by atoms with Crippen LogP contribution >= 0.6 is 11.6 Å². The van der Waals surface area contributed by atoms with Gasteiger partial charge in [0.05, 0.1) is 12.8 Å². The topological polar surface area (TPSA) is 38.5 Å². The van der Waals surface area contributed by atoms with Gasteiger partial charge in [-0.25, -0.2) is 0 Å². The minimum absolute atomic E-state index is 0.0975. The molecule has 0 aliphatic heterocycles. The molecule has 0 fully saturated rings. The highest BCUT2D eigenvalue weighted by Gasteiger charge is 2.11. The quantitative estimate of drug-likeness (QED) is 0.907. The van der Waals surface area contributed by atoms with Crippen LogP contribution in [0.2, 0.25) is 5.02 Å². The number of rotatable bonds is 5. The molecule has 2 rings (SSSR count). The predicted octanol–water partition coefficient (Wildman–Crippen LogP) is 4.01. The number of anilines is 2. The van der Waals surface area contributed by atoms with Crippen LogP contribution in [-0.2, 0) is 6.42 Å². The smallest absolute Gasteiger partial charge is 0.142 e. The fraction of sp³-hybridized carbons (Fsp3) is 0.294. The molecule has 3 nitrogen and oxygen atoms in total. The molecule has 0 amide bonds. The van der Waals surface area contributed by atoms with Crippen LogP contribution in [0.5, 0.6) is 5.75 Å². The van der Waals surface area contributed by atoms with Crippen molar-refractivity contribution in [3.8, 4) is 5.75 Å². The number of halogens is 1. The Bertz CT molecular complexity index is 613. The molecule has 2 aromatic rings. The Morgan fingerprint density at radius 1 is 1.24 bits per heavy atom. The zero-order valence-corrected chi connectivity index (χ0v) is 13.4. The molecule has 1 unspecified atom stereocenters. The third-order valence-corrected chi connectivity index (χ3v) is 3.76. The van der Waals surface area contributed by atoms with Crippen molar-refractivity contribution >= 4 is 23.0 Å². The lowest BCUT2D eigenvalue weighted by Crippen LogP contribution is -2.18. The molecule has 0 heterocycles. The van der Waals surface area contributed by atoms with Gasteiger partial charge in [-0.2, -0.15) is 0 Å². The average molecular weight is 305 g/mol. The maximum Gasteiger partial charge on any atom is 0.142 e. The van der Waals surface area contributed by atoms with Crippen molar-refractivity contribution in [2.24, 2.45) is 5.73 Å². The first-order valence-corrected chi connectivity index (χ1v) is 7.31. The van der Waals surface area contributed by atoms with Crippen molar-refractivity contribution in [2.75, 3.05) is 19.1 Å². The van der Waals surface area contributed by atoms with Crippen LogP contribution in [-0.4, -0.2) is 20.2 Å². The molecule has 2 N–H and O–H groups in total. The average Bonchev–Trinajstić information content (AvgIpc) is 2.48. The third kappa shape index (κ3) is 3.69. The maximum absolute atomic E-state index is 6.37. The Morgan fingerprint density at radius 2 is 1.95 bits per heavy atom. The van der Waals surface area contributed by atoms with Crippen molar-refractivity contribution in [1.29, 1.82) is 0 Å². The van der Waals surface area contributed by atoms with E-state index in [1.54, 1.807) is 7.11 Å². The first-order chi connectivity index (χ1) is 10.0. The number of hydrogen-bond acceptors (Lipinski definition) is 3. The van der Waals surface area contributed by atoms with Crippen LogP contribution in [0.1, 0.15) is 12.5 Å². The van der Waals surface area contributed by atoms with E-state index in [0.29, 0.717) is 0 Å². The van der Waals surface area contributed by atoms with Crippen LogP contribution in [0.25, 0.3) is 0 Å². The van der Waals surface area contributed by atoms with E-state index < -0.39 is 0 Å². The van der Waals surface area contributed by atoms with E-state index in [0.717, 1.165) is 34.1 Å². The van der Waals surface area contributed by atoms with Gasteiger partial charge >= 0.3 is 0 Å². The van der Waals surface area contributed by atoms with Crippen molar-refractivity contribution in [2.45, 2.75) is 19.4 Å². The summed E-state index contributed by atoms with van der Waals surface area (Å²) < 4.78 is 5.40.